The molecule has 1 saturated carbocycles. The minimum atomic E-state index is -3.02. The predicted octanol–water partition coefficient (Wildman–Crippen LogP) is 1.20. The summed E-state index contributed by atoms with van der Waals surface area (Å²) in [4.78, 5) is 0. The zero-order valence-corrected chi connectivity index (χ0v) is 14.2. The molecule has 3 atom stereocenters. The van der Waals surface area contributed by atoms with Crippen molar-refractivity contribution in [1.29, 1.82) is 0 Å². The van der Waals surface area contributed by atoms with Crippen LogP contribution in [0.15, 0.2) is 0 Å². The van der Waals surface area contributed by atoms with Crippen LogP contribution in [0.25, 0.3) is 0 Å². The van der Waals surface area contributed by atoms with Crippen molar-refractivity contribution in [3.63, 3.8) is 0 Å². The fraction of sp³-hybridized carbons (Fsp3) is 1.00. The minimum absolute atomic E-state index is 0.202. The van der Waals surface area contributed by atoms with Gasteiger partial charge in [0.2, 0.25) is 10.0 Å². The maximum Gasteiger partial charge on any atom is 0.213 e. The summed E-state index contributed by atoms with van der Waals surface area (Å²) < 4.78 is 31.3. The fourth-order valence-corrected chi connectivity index (χ4v) is 5.53. The highest BCUT2D eigenvalue weighted by Gasteiger charge is 2.59. The Morgan fingerprint density at radius 1 is 1.24 bits per heavy atom. The Bertz CT molecular complexity index is 483. The highest BCUT2D eigenvalue weighted by Crippen LogP contribution is 2.52. The van der Waals surface area contributed by atoms with Crippen LogP contribution < -0.4 is 5.32 Å². The molecular weight excluding hydrogens is 288 g/mol. The van der Waals surface area contributed by atoms with Gasteiger partial charge in [-0.3, -0.25) is 0 Å². The molecule has 0 aromatic heterocycles. The van der Waals surface area contributed by atoms with E-state index in [-0.39, 0.29) is 11.2 Å². The molecule has 5 nitrogen and oxygen atoms in total. The first-order valence-corrected chi connectivity index (χ1v) is 9.82. The first-order chi connectivity index (χ1) is 9.86. The summed E-state index contributed by atoms with van der Waals surface area (Å²) in [6.45, 7) is 8.50. The van der Waals surface area contributed by atoms with Crippen molar-refractivity contribution < 1.29 is 13.2 Å². The Morgan fingerprint density at radius 2 is 1.90 bits per heavy atom. The molecule has 2 saturated heterocycles. The van der Waals surface area contributed by atoms with E-state index in [4.69, 9.17) is 4.74 Å². The van der Waals surface area contributed by atoms with E-state index >= 15 is 0 Å². The lowest BCUT2D eigenvalue weighted by Crippen LogP contribution is -2.68. The maximum absolute atomic E-state index is 11.9. The molecule has 21 heavy (non-hydrogen) atoms. The first-order valence-electron chi connectivity index (χ1n) is 8.21. The van der Waals surface area contributed by atoms with E-state index in [9.17, 15) is 8.42 Å². The Morgan fingerprint density at radius 3 is 2.52 bits per heavy atom. The summed E-state index contributed by atoms with van der Waals surface area (Å²) in [5.41, 5.74) is 0.202. The maximum atomic E-state index is 11.9. The van der Waals surface area contributed by atoms with Crippen molar-refractivity contribution in [3.05, 3.63) is 0 Å². The molecule has 0 aromatic carbocycles. The van der Waals surface area contributed by atoms with Gasteiger partial charge in [-0.05, 0) is 26.2 Å². The number of rotatable bonds is 4. The van der Waals surface area contributed by atoms with Gasteiger partial charge in [-0.15, -0.1) is 0 Å². The SMILES string of the molecule is CCS(=O)(=O)N1CCC(NC2C3CCOC3C2(C)C)CC1. The van der Waals surface area contributed by atoms with Crippen molar-refractivity contribution in [2.24, 2.45) is 11.3 Å². The van der Waals surface area contributed by atoms with Gasteiger partial charge in [-0.2, -0.15) is 0 Å². The summed E-state index contributed by atoms with van der Waals surface area (Å²) in [5, 5.41) is 3.81. The molecule has 0 radical (unpaired) electrons. The molecule has 0 aromatic rings. The fourth-order valence-electron chi connectivity index (χ4n) is 4.40. The third kappa shape index (κ3) is 2.64. The van der Waals surface area contributed by atoms with Gasteiger partial charge in [-0.1, -0.05) is 13.8 Å². The van der Waals surface area contributed by atoms with E-state index < -0.39 is 10.0 Å². The van der Waals surface area contributed by atoms with Gasteiger partial charge in [0.05, 0.1) is 11.9 Å². The topological polar surface area (TPSA) is 58.6 Å². The lowest BCUT2D eigenvalue weighted by Gasteiger charge is -2.56. The summed E-state index contributed by atoms with van der Waals surface area (Å²) in [7, 11) is -3.02. The molecule has 1 N–H and O–H groups in total. The minimum Gasteiger partial charge on any atom is -0.377 e. The van der Waals surface area contributed by atoms with E-state index in [1.807, 2.05) is 0 Å². The number of nitrogens with zero attached hydrogens (tertiary/aromatic N) is 1. The summed E-state index contributed by atoms with van der Waals surface area (Å²) in [6, 6.07) is 0.962. The van der Waals surface area contributed by atoms with Crippen LogP contribution in [0.3, 0.4) is 0 Å². The number of piperidine rings is 1. The van der Waals surface area contributed by atoms with E-state index in [0.29, 0.717) is 37.2 Å². The molecule has 0 bridgehead atoms. The Balaban J connectivity index is 1.54. The van der Waals surface area contributed by atoms with E-state index in [0.717, 1.165) is 25.9 Å². The average Bonchev–Trinajstić information content (AvgIpc) is 2.92. The zero-order chi connectivity index (χ0) is 15.3. The molecule has 3 rings (SSSR count). The van der Waals surface area contributed by atoms with Crippen molar-refractivity contribution in [2.45, 2.75) is 58.2 Å². The first kappa shape index (κ1) is 15.7. The van der Waals surface area contributed by atoms with Crippen molar-refractivity contribution in [2.75, 3.05) is 25.4 Å². The van der Waals surface area contributed by atoms with E-state index in [1.165, 1.54) is 0 Å². The van der Waals surface area contributed by atoms with Gasteiger partial charge in [0, 0.05) is 43.1 Å². The monoisotopic (exact) mass is 316 g/mol. The Hall–Kier alpha value is -0.170. The van der Waals surface area contributed by atoms with Crippen LogP contribution in [0, 0.1) is 11.3 Å². The summed E-state index contributed by atoms with van der Waals surface area (Å²) in [5.74, 6) is 0.861. The smallest absolute Gasteiger partial charge is 0.213 e. The van der Waals surface area contributed by atoms with Crippen molar-refractivity contribution in [1.82, 2.24) is 9.62 Å². The molecule has 0 amide bonds. The lowest BCUT2D eigenvalue weighted by atomic mass is 9.57. The van der Waals surface area contributed by atoms with Gasteiger partial charge in [0.1, 0.15) is 0 Å². The van der Waals surface area contributed by atoms with Gasteiger partial charge in [0.15, 0.2) is 0 Å². The molecule has 122 valence electrons. The van der Waals surface area contributed by atoms with Crippen molar-refractivity contribution >= 4 is 10.0 Å². The van der Waals surface area contributed by atoms with Gasteiger partial charge in [-0.25, -0.2) is 12.7 Å². The molecule has 2 heterocycles. The Labute approximate surface area is 128 Å². The summed E-state index contributed by atoms with van der Waals surface area (Å²) >= 11 is 0. The molecule has 3 fully saturated rings. The van der Waals surface area contributed by atoms with Crippen LogP contribution in [0.5, 0.6) is 0 Å². The third-order valence-corrected chi connectivity index (χ3v) is 7.61. The number of hydrogen-bond donors (Lipinski definition) is 1. The molecule has 3 aliphatic rings. The van der Waals surface area contributed by atoms with Gasteiger partial charge in [0.25, 0.3) is 0 Å². The quantitative estimate of drug-likeness (QED) is 0.847. The largest absolute Gasteiger partial charge is 0.377 e. The molecular formula is C15H28N2O3S. The lowest BCUT2D eigenvalue weighted by molar-refractivity contribution is -0.116. The third-order valence-electron chi connectivity index (χ3n) is 5.73. The normalized spacial score (nSPS) is 37.2. The molecule has 0 spiro atoms. The van der Waals surface area contributed by atoms with Gasteiger partial charge >= 0.3 is 0 Å². The van der Waals surface area contributed by atoms with Crippen molar-refractivity contribution in [3.8, 4) is 0 Å². The average molecular weight is 316 g/mol. The number of ether oxygens (including phenoxy) is 1. The molecule has 1 aliphatic carbocycles. The van der Waals surface area contributed by atoms with Crippen LogP contribution in [0.2, 0.25) is 0 Å². The standard InChI is InChI=1S/C15H28N2O3S/c1-4-21(18,19)17-8-5-11(6-9-17)16-13-12-7-10-20-14(12)15(13,2)3/h11-14,16H,4-10H2,1-3H3. The molecule has 6 heteroatoms. The highest BCUT2D eigenvalue weighted by atomic mass is 32.2. The second kappa shape index (κ2) is 5.48. The summed E-state index contributed by atoms with van der Waals surface area (Å²) in [6.07, 6.45) is 3.42. The second-order valence-electron chi connectivity index (χ2n) is 7.28. The van der Waals surface area contributed by atoms with E-state index in [2.05, 4.69) is 19.2 Å². The number of sulfonamides is 1. The van der Waals surface area contributed by atoms with Crippen LogP contribution in [-0.2, 0) is 14.8 Å². The number of hydrogen-bond acceptors (Lipinski definition) is 4. The van der Waals surface area contributed by atoms with Crippen LogP contribution in [0.4, 0.5) is 0 Å². The highest BCUT2D eigenvalue weighted by molar-refractivity contribution is 7.89. The zero-order valence-electron chi connectivity index (χ0n) is 13.3. The van der Waals surface area contributed by atoms with E-state index in [1.54, 1.807) is 11.2 Å². The number of nitrogens with one attached hydrogen (secondary N) is 1. The Kier molecular flexibility index (Phi) is 4.10. The second-order valence-corrected chi connectivity index (χ2v) is 9.54. The predicted molar refractivity (Wildman–Crippen MR) is 82.6 cm³/mol. The number of fused-ring (bicyclic) bond motifs is 1. The van der Waals surface area contributed by atoms with Crippen LogP contribution >= 0.6 is 0 Å². The molecule has 2 aliphatic heterocycles. The van der Waals surface area contributed by atoms with Crippen LogP contribution in [0.1, 0.15) is 40.0 Å². The molecule has 3 unspecified atom stereocenters. The van der Waals surface area contributed by atoms with Gasteiger partial charge < -0.3 is 10.1 Å². The van der Waals surface area contributed by atoms with Crippen LogP contribution in [-0.4, -0.2) is 56.4 Å².